The second-order valence-corrected chi connectivity index (χ2v) is 8.60. The van der Waals surface area contributed by atoms with Gasteiger partial charge in [0.15, 0.2) is 0 Å². The first kappa shape index (κ1) is 41.0. The molecular weight excluding hydrogens is 472 g/mol. The maximum absolute atomic E-state index is 11.0. The number of hydrogen-bond acceptors (Lipinski definition) is 6. The quantitative estimate of drug-likeness (QED) is 0.232. The van der Waals surface area contributed by atoms with Crippen LogP contribution in [0.25, 0.3) is 0 Å². The minimum absolute atomic E-state index is 0. The molecule has 0 bridgehead atoms. The van der Waals surface area contributed by atoms with Crippen molar-refractivity contribution in [3.05, 3.63) is 60.7 Å². The Morgan fingerprint density at radius 2 is 1.17 bits per heavy atom. The van der Waals surface area contributed by atoms with Gasteiger partial charge < -0.3 is 14.2 Å². The molecule has 6 heteroatoms. The molecule has 0 saturated heterocycles. The van der Waals surface area contributed by atoms with E-state index in [0.717, 1.165) is 24.3 Å². The smallest absolute Gasteiger partial charge is 0.132 e. The van der Waals surface area contributed by atoms with Gasteiger partial charge in [-0.05, 0) is 44.5 Å². The predicted molar refractivity (Wildman–Crippen MR) is 157 cm³/mol. The maximum Gasteiger partial charge on any atom is 0.132 e. The molecule has 0 saturated carbocycles. The van der Waals surface area contributed by atoms with Crippen LogP contribution in [-0.4, -0.2) is 50.4 Å². The number of ether oxygens (including phenoxy) is 3. The first-order valence-electron chi connectivity index (χ1n) is 10.8. The van der Waals surface area contributed by atoms with Crippen molar-refractivity contribution >= 4 is 23.3 Å². The molecule has 2 atom stereocenters. The molecule has 0 spiro atoms. The lowest BCUT2D eigenvalue weighted by atomic mass is 10.1. The normalized spacial score (nSPS) is 10.9. The second-order valence-electron chi connectivity index (χ2n) is 7.43. The molecule has 0 aliphatic heterocycles. The number of Topliss-reactive ketones (excluding diaryl/α,β-unsaturated/α-hetero) is 2. The van der Waals surface area contributed by atoms with Crippen molar-refractivity contribution in [2.75, 3.05) is 26.6 Å². The molecule has 0 amide bonds. The molecular formula is C30H52O5S. The van der Waals surface area contributed by atoms with Crippen LogP contribution in [0.5, 0.6) is 5.75 Å². The van der Waals surface area contributed by atoms with Gasteiger partial charge in [0.1, 0.15) is 17.3 Å². The van der Waals surface area contributed by atoms with E-state index in [1.54, 1.807) is 39.8 Å². The van der Waals surface area contributed by atoms with Gasteiger partial charge in [-0.3, -0.25) is 9.59 Å². The number of methoxy groups -OCH3 is 2. The van der Waals surface area contributed by atoms with Crippen LogP contribution in [0.15, 0.2) is 65.6 Å². The molecule has 0 N–H and O–H groups in total. The van der Waals surface area contributed by atoms with E-state index in [2.05, 4.69) is 12.1 Å². The molecule has 36 heavy (non-hydrogen) atoms. The van der Waals surface area contributed by atoms with Crippen LogP contribution in [0, 0.1) is 0 Å². The zero-order valence-electron chi connectivity index (χ0n) is 19.6. The summed E-state index contributed by atoms with van der Waals surface area (Å²) in [6.07, 6.45) is 2.64. The summed E-state index contributed by atoms with van der Waals surface area (Å²) in [7, 11) is 3.29. The number of thioether (sulfide) groups is 1. The van der Waals surface area contributed by atoms with E-state index in [9.17, 15) is 9.59 Å². The third-order valence-corrected chi connectivity index (χ3v) is 5.65. The highest BCUT2D eigenvalue weighted by atomic mass is 32.2. The van der Waals surface area contributed by atoms with Crippen LogP contribution in [0.1, 0.15) is 69.2 Å². The first-order chi connectivity index (χ1) is 15.4. The third-order valence-electron chi connectivity index (χ3n) is 4.60. The Labute approximate surface area is 226 Å². The molecule has 5 nitrogen and oxygen atoms in total. The number of carbonyl (C=O) groups is 2. The molecule has 0 heterocycles. The minimum atomic E-state index is -0.0405. The number of benzene rings is 2. The first-order valence-corrected chi connectivity index (χ1v) is 11.8. The highest BCUT2D eigenvalue weighted by Crippen LogP contribution is 2.19. The largest absolute Gasteiger partial charge is 0.493 e. The van der Waals surface area contributed by atoms with Crippen LogP contribution in [0.4, 0.5) is 0 Å². The molecule has 2 unspecified atom stereocenters. The Hall–Kier alpha value is -2.15. The van der Waals surface area contributed by atoms with E-state index < -0.39 is 0 Å². The molecule has 0 aliphatic rings. The molecule has 0 aliphatic carbocycles. The van der Waals surface area contributed by atoms with Crippen molar-refractivity contribution in [2.24, 2.45) is 0 Å². The summed E-state index contributed by atoms with van der Waals surface area (Å²) in [6.45, 7) is 3.75. The molecule has 208 valence electrons. The van der Waals surface area contributed by atoms with E-state index in [-0.39, 0.29) is 53.5 Å². The Morgan fingerprint density at radius 3 is 1.61 bits per heavy atom. The Morgan fingerprint density at radius 1 is 0.722 bits per heavy atom. The zero-order chi connectivity index (χ0) is 23.6. The summed E-state index contributed by atoms with van der Waals surface area (Å²) in [5.41, 5.74) is 0. The summed E-state index contributed by atoms with van der Waals surface area (Å²) in [4.78, 5) is 23.1. The standard InChI is InChI=1S/C13H18O3.C13H18O2S.4CH4/c1-11(14)10-13(15-2)8-9-16-12-6-4-3-5-7-12;1-11(14)10-12(15-2)8-9-16-13-6-4-3-5-7-13;;;;/h3-7,13H,8-10H2,1-2H3;3-7,12H,8-10H2,1-2H3;4*1H4. The molecule has 0 aromatic heterocycles. The molecule has 2 rings (SSSR count). The molecule has 0 fully saturated rings. The zero-order valence-corrected chi connectivity index (χ0v) is 20.4. The lowest BCUT2D eigenvalue weighted by molar-refractivity contribution is -0.120. The highest BCUT2D eigenvalue weighted by Gasteiger charge is 2.10. The van der Waals surface area contributed by atoms with Gasteiger partial charge in [0.2, 0.25) is 0 Å². The lowest BCUT2D eigenvalue weighted by Gasteiger charge is -2.14. The summed E-state index contributed by atoms with van der Waals surface area (Å²) in [5, 5.41) is 0. The second kappa shape index (κ2) is 25.9. The van der Waals surface area contributed by atoms with Gasteiger partial charge in [-0.25, -0.2) is 0 Å². The van der Waals surface area contributed by atoms with Crippen molar-refractivity contribution in [1.29, 1.82) is 0 Å². The van der Waals surface area contributed by atoms with Gasteiger partial charge in [-0.1, -0.05) is 66.1 Å². The Bertz CT molecular complexity index is 687. The van der Waals surface area contributed by atoms with Crippen molar-refractivity contribution in [2.45, 2.75) is 86.3 Å². The van der Waals surface area contributed by atoms with E-state index in [1.165, 1.54) is 4.90 Å². The van der Waals surface area contributed by atoms with Gasteiger partial charge in [0, 0.05) is 44.1 Å². The SMILES string of the molecule is C.C.C.C.COC(CCOc1ccccc1)CC(C)=O.COC(CCSc1ccccc1)CC(C)=O. The fourth-order valence-electron chi connectivity index (χ4n) is 2.90. The van der Waals surface area contributed by atoms with Crippen molar-refractivity contribution in [1.82, 2.24) is 0 Å². The molecule has 2 aromatic carbocycles. The van der Waals surface area contributed by atoms with Crippen molar-refractivity contribution < 1.29 is 23.8 Å². The van der Waals surface area contributed by atoms with E-state index in [1.807, 2.05) is 48.5 Å². The monoisotopic (exact) mass is 524 g/mol. The minimum Gasteiger partial charge on any atom is -0.493 e. The van der Waals surface area contributed by atoms with Crippen LogP contribution in [0.2, 0.25) is 0 Å². The fourth-order valence-corrected chi connectivity index (χ4v) is 3.86. The molecule has 0 radical (unpaired) electrons. The van der Waals surface area contributed by atoms with Crippen LogP contribution in [0.3, 0.4) is 0 Å². The number of para-hydroxylation sites is 1. The average molecular weight is 525 g/mol. The van der Waals surface area contributed by atoms with E-state index in [0.29, 0.717) is 19.4 Å². The van der Waals surface area contributed by atoms with Crippen molar-refractivity contribution in [3.63, 3.8) is 0 Å². The lowest BCUT2D eigenvalue weighted by Crippen LogP contribution is -2.17. The third kappa shape index (κ3) is 21.2. The Balaban J connectivity index is -0.000000256. The topological polar surface area (TPSA) is 61.8 Å². The summed E-state index contributed by atoms with van der Waals surface area (Å²) in [5.74, 6) is 2.17. The van der Waals surface area contributed by atoms with Crippen LogP contribution in [-0.2, 0) is 19.1 Å². The summed E-state index contributed by atoms with van der Waals surface area (Å²) in [6, 6.07) is 19.9. The fraction of sp³-hybridized carbons (Fsp3) is 0.533. The number of ketones is 2. The number of hydrogen-bond donors (Lipinski definition) is 0. The van der Waals surface area contributed by atoms with Crippen molar-refractivity contribution in [3.8, 4) is 5.75 Å². The summed E-state index contributed by atoms with van der Waals surface area (Å²) < 4.78 is 16.0. The Kier molecular flexibility index (Phi) is 29.5. The van der Waals surface area contributed by atoms with Gasteiger partial charge in [-0.15, -0.1) is 11.8 Å². The van der Waals surface area contributed by atoms with E-state index in [4.69, 9.17) is 14.2 Å². The van der Waals surface area contributed by atoms with Crippen LogP contribution < -0.4 is 4.74 Å². The van der Waals surface area contributed by atoms with Crippen LogP contribution >= 0.6 is 11.8 Å². The summed E-state index contributed by atoms with van der Waals surface area (Å²) >= 11 is 1.80. The van der Waals surface area contributed by atoms with E-state index >= 15 is 0 Å². The number of rotatable bonds is 14. The van der Waals surface area contributed by atoms with Gasteiger partial charge >= 0.3 is 0 Å². The predicted octanol–water partition coefficient (Wildman–Crippen LogP) is 8.16. The highest BCUT2D eigenvalue weighted by molar-refractivity contribution is 7.99. The number of carbonyl (C=O) groups excluding carboxylic acids is 2. The maximum atomic E-state index is 11.0. The molecule has 2 aromatic rings. The van der Waals surface area contributed by atoms with Gasteiger partial charge in [-0.2, -0.15) is 0 Å². The van der Waals surface area contributed by atoms with Gasteiger partial charge in [0.25, 0.3) is 0 Å². The van der Waals surface area contributed by atoms with Gasteiger partial charge in [0.05, 0.1) is 18.8 Å². The average Bonchev–Trinajstić information content (AvgIpc) is 2.79.